The minimum Gasteiger partial charge on any atom is -0.353 e. The van der Waals surface area contributed by atoms with E-state index in [9.17, 15) is 4.79 Å². The number of benzene rings is 1. The van der Waals surface area contributed by atoms with Crippen molar-refractivity contribution >= 4 is 17.7 Å². The Bertz CT molecular complexity index is 1050. The van der Waals surface area contributed by atoms with E-state index in [1.54, 1.807) is 4.68 Å². The van der Waals surface area contributed by atoms with Gasteiger partial charge in [0.2, 0.25) is 5.95 Å². The van der Waals surface area contributed by atoms with Gasteiger partial charge in [-0.05, 0) is 25.0 Å². The van der Waals surface area contributed by atoms with Crippen LogP contribution in [0.15, 0.2) is 48.7 Å². The summed E-state index contributed by atoms with van der Waals surface area (Å²) in [7, 11) is 1.83. The maximum Gasteiger partial charge on any atom is 0.272 e. The molecule has 160 valence electrons. The molecule has 4 heterocycles. The Labute approximate surface area is 182 Å². The lowest BCUT2D eigenvalue weighted by molar-refractivity contribution is 0.0735. The molecule has 31 heavy (non-hydrogen) atoms. The zero-order valence-electron chi connectivity index (χ0n) is 17.8. The van der Waals surface area contributed by atoms with Gasteiger partial charge in [0, 0.05) is 58.1 Å². The molecule has 3 aromatic rings. The number of hydrogen-bond donors (Lipinski definition) is 0. The smallest absolute Gasteiger partial charge is 0.272 e. The van der Waals surface area contributed by atoms with Crippen molar-refractivity contribution in [3.63, 3.8) is 0 Å². The van der Waals surface area contributed by atoms with Crippen LogP contribution >= 0.6 is 0 Å². The molecule has 0 unspecified atom stereocenters. The third-order valence-electron chi connectivity index (χ3n) is 6.08. The van der Waals surface area contributed by atoms with Crippen LogP contribution in [-0.2, 0) is 7.05 Å². The third kappa shape index (κ3) is 3.97. The molecule has 0 aliphatic carbocycles. The van der Waals surface area contributed by atoms with Crippen molar-refractivity contribution in [2.24, 2.45) is 7.05 Å². The summed E-state index contributed by atoms with van der Waals surface area (Å²) >= 11 is 0. The van der Waals surface area contributed by atoms with Gasteiger partial charge in [-0.15, -0.1) is 0 Å². The molecule has 8 heteroatoms. The first-order chi connectivity index (χ1) is 15.2. The summed E-state index contributed by atoms with van der Waals surface area (Å²) in [6.07, 6.45) is 4.25. The number of rotatable bonds is 4. The van der Waals surface area contributed by atoms with Crippen LogP contribution in [0.3, 0.4) is 0 Å². The Morgan fingerprint density at radius 1 is 0.903 bits per heavy atom. The van der Waals surface area contributed by atoms with Gasteiger partial charge in [-0.3, -0.25) is 9.48 Å². The van der Waals surface area contributed by atoms with Gasteiger partial charge in [0.25, 0.3) is 5.91 Å². The van der Waals surface area contributed by atoms with Crippen LogP contribution in [0.4, 0.5) is 11.8 Å². The quantitative estimate of drug-likeness (QED) is 0.649. The zero-order chi connectivity index (χ0) is 21.2. The lowest BCUT2D eigenvalue weighted by atomic mass is 10.1. The van der Waals surface area contributed by atoms with E-state index in [0.29, 0.717) is 18.8 Å². The summed E-state index contributed by atoms with van der Waals surface area (Å²) in [5, 5.41) is 4.54. The first-order valence-corrected chi connectivity index (χ1v) is 10.9. The molecule has 0 spiro atoms. The maximum atomic E-state index is 13.2. The van der Waals surface area contributed by atoms with E-state index in [1.165, 1.54) is 12.8 Å². The van der Waals surface area contributed by atoms with E-state index in [1.807, 2.05) is 60.6 Å². The number of nitrogens with zero attached hydrogens (tertiary/aromatic N) is 7. The number of piperazine rings is 1. The standard InChI is InChI=1S/C23H27N7O/c1-27-20(17-19(26-27)18-7-3-2-4-8-18)22(31)29-15-13-28(14-16-29)21-9-10-24-23(25-21)30-11-5-6-12-30/h2-4,7-10,17H,5-6,11-16H2,1H3. The van der Waals surface area contributed by atoms with Gasteiger partial charge in [-0.1, -0.05) is 30.3 Å². The molecule has 0 saturated carbocycles. The van der Waals surface area contributed by atoms with Crippen molar-refractivity contribution in [1.82, 2.24) is 24.6 Å². The van der Waals surface area contributed by atoms with Crippen LogP contribution in [-0.4, -0.2) is 69.8 Å². The molecule has 2 fully saturated rings. The summed E-state index contributed by atoms with van der Waals surface area (Å²) < 4.78 is 1.68. The highest BCUT2D eigenvalue weighted by molar-refractivity contribution is 5.94. The van der Waals surface area contributed by atoms with Gasteiger partial charge in [0.05, 0.1) is 5.69 Å². The average Bonchev–Trinajstić information content (AvgIpc) is 3.50. The highest BCUT2D eigenvalue weighted by Gasteiger charge is 2.26. The number of aryl methyl sites for hydroxylation is 1. The summed E-state index contributed by atoms with van der Waals surface area (Å²) in [5.41, 5.74) is 2.45. The fraction of sp³-hybridized carbons (Fsp3) is 0.391. The number of carbonyl (C=O) groups excluding carboxylic acids is 1. The van der Waals surface area contributed by atoms with E-state index in [2.05, 4.69) is 19.9 Å². The number of amides is 1. The number of carbonyl (C=O) groups is 1. The van der Waals surface area contributed by atoms with Crippen LogP contribution < -0.4 is 9.80 Å². The topological polar surface area (TPSA) is 70.4 Å². The van der Waals surface area contributed by atoms with Gasteiger partial charge in [-0.2, -0.15) is 10.1 Å². The Hall–Kier alpha value is -3.42. The Kier molecular flexibility index (Phi) is 5.28. The molecule has 1 aromatic carbocycles. The van der Waals surface area contributed by atoms with Gasteiger partial charge in [0.15, 0.2) is 0 Å². The molecule has 5 rings (SSSR count). The summed E-state index contributed by atoms with van der Waals surface area (Å²) in [6, 6.07) is 13.8. The minimum absolute atomic E-state index is 0.0253. The van der Waals surface area contributed by atoms with Crippen LogP contribution in [0.5, 0.6) is 0 Å². The van der Waals surface area contributed by atoms with Crippen molar-refractivity contribution in [2.45, 2.75) is 12.8 Å². The molecule has 0 atom stereocenters. The Morgan fingerprint density at radius 3 is 2.39 bits per heavy atom. The van der Waals surface area contributed by atoms with Crippen molar-refractivity contribution in [3.05, 3.63) is 54.4 Å². The Balaban J connectivity index is 1.25. The molecule has 8 nitrogen and oxygen atoms in total. The first-order valence-electron chi connectivity index (χ1n) is 10.9. The summed E-state index contributed by atoms with van der Waals surface area (Å²) in [5.74, 6) is 1.78. The van der Waals surface area contributed by atoms with Gasteiger partial charge >= 0.3 is 0 Å². The SMILES string of the molecule is Cn1nc(-c2ccccc2)cc1C(=O)N1CCN(c2ccnc(N3CCCC3)n2)CC1. The molecular formula is C23H27N7O. The predicted octanol–water partition coefficient (Wildman–Crippen LogP) is 2.44. The van der Waals surface area contributed by atoms with Crippen LogP contribution in [0.25, 0.3) is 11.3 Å². The van der Waals surface area contributed by atoms with Crippen molar-refractivity contribution < 1.29 is 4.79 Å². The molecule has 2 aliphatic rings. The average molecular weight is 418 g/mol. The molecule has 0 bridgehead atoms. The Morgan fingerprint density at radius 2 is 1.65 bits per heavy atom. The molecule has 2 aliphatic heterocycles. The van der Waals surface area contributed by atoms with Crippen LogP contribution in [0.1, 0.15) is 23.3 Å². The van der Waals surface area contributed by atoms with Crippen LogP contribution in [0, 0.1) is 0 Å². The highest BCUT2D eigenvalue weighted by atomic mass is 16.2. The van der Waals surface area contributed by atoms with Crippen molar-refractivity contribution in [3.8, 4) is 11.3 Å². The van der Waals surface area contributed by atoms with Crippen LogP contribution in [0.2, 0.25) is 0 Å². The van der Waals surface area contributed by atoms with Crippen molar-refractivity contribution in [1.29, 1.82) is 0 Å². The minimum atomic E-state index is 0.0253. The molecule has 0 N–H and O–H groups in total. The fourth-order valence-electron chi connectivity index (χ4n) is 4.30. The monoisotopic (exact) mass is 417 g/mol. The second-order valence-electron chi connectivity index (χ2n) is 8.09. The lowest BCUT2D eigenvalue weighted by Crippen LogP contribution is -2.49. The third-order valence-corrected chi connectivity index (χ3v) is 6.08. The molecule has 0 radical (unpaired) electrons. The maximum absolute atomic E-state index is 13.2. The van der Waals surface area contributed by atoms with E-state index in [-0.39, 0.29) is 5.91 Å². The molecule has 2 saturated heterocycles. The van der Waals surface area contributed by atoms with Crippen molar-refractivity contribution in [2.75, 3.05) is 49.1 Å². The second-order valence-corrected chi connectivity index (χ2v) is 8.09. The van der Waals surface area contributed by atoms with Gasteiger partial charge in [0.1, 0.15) is 11.5 Å². The van der Waals surface area contributed by atoms with E-state index < -0.39 is 0 Å². The fourth-order valence-corrected chi connectivity index (χ4v) is 4.30. The summed E-state index contributed by atoms with van der Waals surface area (Å²) in [6.45, 7) is 4.89. The zero-order valence-corrected chi connectivity index (χ0v) is 17.8. The largest absolute Gasteiger partial charge is 0.353 e. The van der Waals surface area contributed by atoms with Gasteiger partial charge in [-0.25, -0.2) is 4.98 Å². The second kappa shape index (κ2) is 8.37. The van der Waals surface area contributed by atoms with E-state index in [4.69, 9.17) is 4.98 Å². The number of aromatic nitrogens is 4. The number of hydrogen-bond acceptors (Lipinski definition) is 6. The predicted molar refractivity (Wildman–Crippen MR) is 120 cm³/mol. The number of anilines is 2. The molecule has 2 aromatic heterocycles. The lowest BCUT2D eigenvalue weighted by Gasteiger charge is -2.35. The van der Waals surface area contributed by atoms with E-state index >= 15 is 0 Å². The summed E-state index contributed by atoms with van der Waals surface area (Å²) in [4.78, 5) is 28.8. The van der Waals surface area contributed by atoms with Gasteiger partial charge < -0.3 is 14.7 Å². The normalized spacial score (nSPS) is 16.7. The first kappa shape index (κ1) is 19.5. The molecular weight excluding hydrogens is 390 g/mol. The van der Waals surface area contributed by atoms with E-state index in [0.717, 1.165) is 49.2 Å². The highest BCUT2D eigenvalue weighted by Crippen LogP contribution is 2.22. The molecule has 1 amide bonds.